The predicted molar refractivity (Wildman–Crippen MR) is 46.8 cm³/mol. The summed E-state index contributed by atoms with van der Waals surface area (Å²) in [6.45, 7) is 2.34. The molecule has 0 aromatic rings. The van der Waals surface area contributed by atoms with E-state index in [1.165, 1.54) is 5.57 Å². The minimum atomic E-state index is 0.0642. The van der Waals surface area contributed by atoms with Gasteiger partial charge in [-0.1, -0.05) is 25.2 Å². The number of aliphatic hydroxyl groups is 1. The zero-order valence-corrected chi connectivity index (χ0v) is 7.23. The summed E-state index contributed by atoms with van der Waals surface area (Å²) in [6.07, 6.45) is 7.88. The van der Waals surface area contributed by atoms with Crippen LogP contribution in [0.4, 0.5) is 0 Å². The molecule has 0 bridgehead atoms. The van der Waals surface area contributed by atoms with Gasteiger partial charge in [-0.2, -0.15) is 0 Å². The van der Waals surface area contributed by atoms with Crippen LogP contribution in [0.5, 0.6) is 0 Å². The number of hydrogen-bond acceptors (Lipinski definition) is 2. The van der Waals surface area contributed by atoms with E-state index >= 15 is 0 Å². The molecule has 2 rings (SSSR count). The van der Waals surface area contributed by atoms with Crippen LogP contribution in [-0.2, 0) is 4.74 Å². The fourth-order valence-electron chi connectivity index (χ4n) is 1.53. The molecule has 12 heavy (non-hydrogen) atoms. The average molecular weight is 166 g/mol. The van der Waals surface area contributed by atoms with Gasteiger partial charge in [-0.15, -0.1) is 0 Å². The third-order valence-electron chi connectivity index (χ3n) is 2.43. The minimum absolute atomic E-state index is 0.0642. The Morgan fingerprint density at radius 2 is 2.50 bits per heavy atom. The second kappa shape index (κ2) is 3.04. The maximum atomic E-state index is 8.78. The van der Waals surface area contributed by atoms with Gasteiger partial charge >= 0.3 is 0 Å². The van der Waals surface area contributed by atoms with Crippen LogP contribution in [0.3, 0.4) is 0 Å². The highest BCUT2D eigenvalue weighted by Crippen LogP contribution is 2.32. The second-order valence-electron chi connectivity index (χ2n) is 3.55. The van der Waals surface area contributed by atoms with Crippen molar-refractivity contribution >= 4 is 0 Å². The van der Waals surface area contributed by atoms with Crippen LogP contribution in [-0.4, -0.2) is 23.9 Å². The van der Waals surface area contributed by atoms with Crippen LogP contribution in [0.25, 0.3) is 0 Å². The molecular formula is C10H14O2. The fraction of sp³-hybridized carbons (Fsp3) is 0.600. The summed E-state index contributed by atoms with van der Waals surface area (Å²) >= 11 is 0. The number of rotatable bonds is 2. The Morgan fingerprint density at radius 3 is 3.00 bits per heavy atom. The van der Waals surface area contributed by atoms with Gasteiger partial charge in [-0.3, -0.25) is 0 Å². The number of epoxide rings is 1. The molecule has 1 heterocycles. The summed E-state index contributed by atoms with van der Waals surface area (Å²) in [5.74, 6) is 0.653. The van der Waals surface area contributed by atoms with Crippen molar-refractivity contribution < 1.29 is 9.84 Å². The SMILES string of the molecule is CC1C=CC(C2OC2CO)=CC1. The predicted octanol–water partition coefficient (Wildman–Crippen LogP) is 1.27. The van der Waals surface area contributed by atoms with Gasteiger partial charge in [0.2, 0.25) is 0 Å². The van der Waals surface area contributed by atoms with Gasteiger partial charge in [0.25, 0.3) is 0 Å². The Balaban J connectivity index is 1.95. The van der Waals surface area contributed by atoms with Gasteiger partial charge in [0, 0.05) is 0 Å². The number of ether oxygens (including phenoxy) is 1. The van der Waals surface area contributed by atoms with Crippen molar-refractivity contribution in [1.82, 2.24) is 0 Å². The lowest BCUT2D eigenvalue weighted by Crippen LogP contribution is -2.04. The summed E-state index contributed by atoms with van der Waals surface area (Å²) in [6, 6.07) is 0. The third kappa shape index (κ3) is 1.45. The molecule has 3 atom stereocenters. The second-order valence-corrected chi connectivity index (χ2v) is 3.55. The first-order valence-electron chi connectivity index (χ1n) is 4.46. The monoisotopic (exact) mass is 166 g/mol. The summed E-state index contributed by atoms with van der Waals surface area (Å²) in [5.41, 5.74) is 1.24. The van der Waals surface area contributed by atoms with E-state index in [1.807, 2.05) is 0 Å². The standard InChI is InChI=1S/C10H14O2/c1-7-2-4-8(5-3-7)10-9(6-11)12-10/h2,4-5,7,9-11H,3,6H2,1H3. The normalized spacial score (nSPS) is 39.5. The lowest BCUT2D eigenvalue weighted by molar-refractivity contribution is 0.243. The van der Waals surface area contributed by atoms with Gasteiger partial charge in [-0.05, 0) is 17.9 Å². The minimum Gasteiger partial charge on any atom is -0.394 e. The maximum absolute atomic E-state index is 8.78. The highest BCUT2D eigenvalue weighted by Gasteiger charge is 2.40. The summed E-state index contributed by atoms with van der Waals surface area (Å²) in [5, 5.41) is 8.78. The highest BCUT2D eigenvalue weighted by molar-refractivity contribution is 5.31. The van der Waals surface area contributed by atoms with Crippen molar-refractivity contribution in [2.45, 2.75) is 25.6 Å². The molecule has 1 aliphatic heterocycles. The van der Waals surface area contributed by atoms with Crippen molar-refractivity contribution in [1.29, 1.82) is 0 Å². The summed E-state index contributed by atoms with van der Waals surface area (Å²) in [7, 11) is 0. The molecule has 0 aromatic carbocycles. The quantitative estimate of drug-likeness (QED) is 0.626. The lowest BCUT2D eigenvalue weighted by atomic mass is 9.96. The van der Waals surface area contributed by atoms with Crippen LogP contribution < -0.4 is 0 Å². The van der Waals surface area contributed by atoms with Crippen LogP contribution >= 0.6 is 0 Å². The van der Waals surface area contributed by atoms with E-state index in [4.69, 9.17) is 9.84 Å². The Kier molecular flexibility index (Phi) is 2.03. The maximum Gasteiger partial charge on any atom is 0.112 e. The zero-order chi connectivity index (χ0) is 8.55. The average Bonchev–Trinajstić information content (AvgIpc) is 2.85. The molecule has 1 saturated heterocycles. The van der Waals surface area contributed by atoms with Gasteiger partial charge in [0.15, 0.2) is 0 Å². The number of allylic oxidation sites excluding steroid dienone is 2. The zero-order valence-electron chi connectivity index (χ0n) is 7.23. The Morgan fingerprint density at radius 1 is 1.67 bits per heavy atom. The van der Waals surface area contributed by atoms with E-state index in [-0.39, 0.29) is 18.8 Å². The number of aliphatic hydroxyl groups excluding tert-OH is 1. The molecule has 1 aliphatic carbocycles. The molecule has 0 amide bonds. The molecule has 3 unspecified atom stereocenters. The van der Waals surface area contributed by atoms with E-state index in [2.05, 4.69) is 25.2 Å². The first-order valence-corrected chi connectivity index (χ1v) is 4.46. The molecule has 0 radical (unpaired) electrons. The van der Waals surface area contributed by atoms with E-state index in [1.54, 1.807) is 0 Å². The molecule has 0 aromatic heterocycles. The molecule has 2 aliphatic rings. The Hall–Kier alpha value is -0.600. The van der Waals surface area contributed by atoms with Crippen molar-refractivity contribution in [2.75, 3.05) is 6.61 Å². The Labute approximate surface area is 72.5 Å². The largest absolute Gasteiger partial charge is 0.394 e. The van der Waals surface area contributed by atoms with Crippen LogP contribution in [0, 0.1) is 5.92 Å². The van der Waals surface area contributed by atoms with E-state index in [0.29, 0.717) is 5.92 Å². The molecular weight excluding hydrogens is 152 g/mol. The van der Waals surface area contributed by atoms with E-state index < -0.39 is 0 Å². The molecule has 0 spiro atoms. The molecule has 0 saturated carbocycles. The van der Waals surface area contributed by atoms with Crippen molar-refractivity contribution in [3.63, 3.8) is 0 Å². The lowest BCUT2D eigenvalue weighted by Gasteiger charge is -2.09. The molecule has 1 N–H and O–H groups in total. The molecule has 2 heteroatoms. The fourth-order valence-corrected chi connectivity index (χ4v) is 1.53. The molecule has 1 fully saturated rings. The van der Waals surface area contributed by atoms with Crippen molar-refractivity contribution in [3.05, 3.63) is 23.8 Å². The molecule has 2 nitrogen and oxygen atoms in total. The summed E-state index contributed by atoms with van der Waals surface area (Å²) < 4.78 is 5.27. The van der Waals surface area contributed by atoms with Crippen molar-refractivity contribution in [2.24, 2.45) is 5.92 Å². The number of hydrogen-bond donors (Lipinski definition) is 1. The smallest absolute Gasteiger partial charge is 0.112 e. The van der Waals surface area contributed by atoms with Crippen LogP contribution in [0.15, 0.2) is 23.8 Å². The first kappa shape index (κ1) is 8.02. The van der Waals surface area contributed by atoms with Crippen molar-refractivity contribution in [3.8, 4) is 0 Å². The first-order chi connectivity index (χ1) is 5.81. The van der Waals surface area contributed by atoms with E-state index in [9.17, 15) is 0 Å². The third-order valence-corrected chi connectivity index (χ3v) is 2.43. The molecule has 66 valence electrons. The van der Waals surface area contributed by atoms with Gasteiger partial charge in [-0.25, -0.2) is 0 Å². The summed E-state index contributed by atoms with van der Waals surface area (Å²) in [4.78, 5) is 0. The topological polar surface area (TPSA) is 32.8 Å². The van der Waals surface area contributed by atoms with Gasteiger partial charge < -0.3 is 9.84 Å². The van der Waals surface area contributed by atoms with Gasteiger partial charge in [0.05, 0.1) is 6.61 Å². The van der Waals surface area contributed by atoms with E-state index in [0.717, 1.165) is 6.42 Å². The van der Waals surface area contributed by atoms with Crippen LogP contribution in [0.2, 0.25) is 0 Å². The van der Waals surface area contributed by atoms with Gasteiger partial charge in [0.1, 0.15) is 12.2 Å². The Bertz CT molecular complexity index is 230. The van der Waals surface area contributed by atoms with Crippen LogP contribution in [0.1, 0.15) is 13.3 Å². The highest BCUT2D eigenvalue weighted by atomic mass is 16.6.